The van der Waals surface area contributed by atoms with Crippen molar-refractivity contribution >= 4 is 104 Å². The third-order valence-electron chi connectivity index (χ3n) is 11.7. The van der Waals surface area contributed by atoms with Crippen molar-refractivity contribution < 1.29 is 8.83 Å². The zero-order valence-corrected chi connectivity index (χ0v) is 28.4. The van der Waals surface area contributed by atoms with E-state index in [0.29, 0.717) is 0 Å². The molecule has 13 aromatic rings. The van der Waals surface area contributed by atoms with Crippen LogP contribution in [0.3, 0.4) is 0 Å². The summed E-state index contributed by atoms with van der Waals surface area (Å²) in [6, 6.07) is 59.7. The minimum absolute atomic E-state index is 0.919. The molecule has 0 saturated heterocycles. The highest BCUT2D eigenvalue weighted by Crippen LogP contribution is 2.43. The molecule has 0 bridgehead atoms. The molecule has 0 unspecified atom stereocenters. The molecule has 0 spiro atoms. The molecule has 13 rings (SSSR count). The molecule has 9 aromatic carbocycles. The smallest absolute Gasteiger partial charge is 0.135 e. The van der Waals surface area contributed by atoms with Gasteiger partial charge in [-0.1, -0.05) is 91.0 Å². The van der Waals surface area contributed by atoms with Crippen molar-refractivity contribution in [1.29, 1.82) is 0 Å². The lowest BCUT2D eigenvalue weighted by Crippen LogP contribution is -1.84. The monoisotopic (exact) mass is 673 g/mol. The molecule has 0 aliphatic heterocycles. The van der Waals surface area contributed by atoms with Crippen molar-refractivity contribution in [3.63, 3.8) is 0 Å². The lowest BCUT2D eigenvalue weighted by molar-refractivity contribution is 0.668. The van der Waals surface area contributed by atoms with Gasteiger partial charge < -0.3 is 13.2 Å². The van der Waals surface area contributed by atoms with Crippen molar-refractivity contribution in [3.8, 4) is 22.3 Å². The number of furan rings is 2. The SMILES string of the molecule is c1ccc2c(c1)oc1ccc(-c3ccc4cc5c6cccc7c8cc9ccc(-c%10ccc%11oc%12ccccc%12c%11c%10)cc9cc8n(c5cc4c3)c67)cc12. The van der Waals surface area contributed by atoms with Crippen molar-refractivity contribution in [1.82, 2.24) is 4.40 Å². The molecular formula is C50H27NO2. The Morgan fingerprint density at radius 3 is 1.25 bits per heavy atom. The fraction of sp³-hybridized carbons (Fsp3) is 0. The fourth-order valence-electron chi connectivity index (χ4n) is 9.13. The maximum atomic E-state index is 6.13. The van der Waals surface area contributed by atoms with Crippen LogP contribution in [0.15, 0.2) is 173 Å². The van der Waals surface area contributed by atoms with Crippen LogP contribution in [0.1, 0.15) is 0 Å². The van der Waals surface area contributed by atoms with E-state index in [1.807, 2.05) is 24.3 Å². The molecule has 0 amide bonds. The second kappa shape index (κ2) is 9.81. The van der Waals surface area contributed by atoms with E-state index in [4.69, 9.17) is 8.83 Å². The minimum Gasteiger partial charge on any atom is -0.456 e. The highest BCUT2D eigenvalue weighted by atomic mass is 16.3. The van der Waals surface area contributed by atoms with Crippen LogP contribution in [0.2, 0.25) is 0 Å². The minimum atomic E-state index is 0.919. The summed E-state index contributed by atoms with van der Waals surface area (Å²) in [4.78, 5) is 0. The first-order valence-electron chi connectivity index (χ1n) is 18.1. The van der Waals surface area contributed by atoms with Gasteiger partial charge in [-0.2, -0.15) is 0 Å². The number of aromatic nitrogens is 1. The summed E-state index contributed by atoms with van der Waals surface area (Å²) in [5.74, 6) is 0. The molecule has 4 aromatic heterocycles. The molecule has 0 N–H and O–H groups in total. The van der Waals surface area contributed by atoms with Crippen LogP contribution in [-0.4, -0.2) is 4.40 Å². The second-order valence-electron chi connectivity index (χ2n) is 14.5. The maximum Gasteiger partial charge on any atom is 0.135 e. The summed E-state index contributed by atoms with van der Waals surface area (Å²) in [5, 5.41) is 14.7. The van der Waals surface area contributed by atoms with Crippen LogP contribution >= 0.6 is 0 Å². The van der Waals surface area contributed by atoms with Crippen molar-refractivity contribution in [2.75, 3.05) is 0 Å². The standard InChI is InChI=1S/C50H27NO2/c1-3-10-46-36(6-1)42-24-30(16-18-48(42)52-46)28-12-14-32-22-40-38-8-5-9-39-41-23-33-15-13-29(31-17-19-49-43(25-31)37-7-2-4-11-47(37)53-49)21-35(33)27-45(41)51(50(38)39)44(40)26-34(32)20-28/h1-27H. The summed E-state index contributed by atoms with van der Waals surface area (Å²) in [7, 11) is 0. The molecule has 4 heterocycles. The Balaban J connectivity index is 1.01. The molecule has 0 fully saturated rings. The Hall–Kier alpha value is -7.10. The van der Waals surface area contributed by atoms with E-state index in [0.717, 1.165) is 43.9 Å². The highest BCUT2D eigenvalue weighted by molar-refractivity contribution is 6.26. The summed E-state index contributed by atoms with van der Waals surface area (Å²) >= 11 is 0. The molecule has 3 nitrogen and oxygen atoms in total. The Bertz CT molecular complexity index is 3450. The number of hydrogen-bond acceptors (Lipinski definition) is 2. The topological polar surface area (TPSA) is 30.7 Å². The third kappa shape index (κ3) is 3.73. The molecule has 0 aliphatic carbocycles. The van der Waals surface area contributed by atoms with Gasteiger partial charge >= 0.3 is 0 Å². The van der Waals surface area contributed by atoms with E-state index in [2.05, 4.69) is 144 Å². The van der Waals surface area contributed by atoms with E-state index < -0.39 is 0 Å². The second-order valence-corrected chi connectivity index (χ2v) is 14.5. The highest BCUT2D eigenvalue weighted by Gasteiger charge is 2.19. The Kier molecular flexibility index (Phi) is 5.11. The number of hydrogen-bond donors (Lipinski definition) is 0. The number of fused-ring (bicyclic) bond motifs is 14. The number of nitrogens with zero attached hydrogens (tertiary/aromatic N) is 1. The van der Waals surface area contributed by atoms with Crippen molar-refractivity contribution in [3.05, 3.63) is 164 Å². The van der Waals surface area contributed by atoms with Gasteiger partial charge in [0.15, 0.2) is 0 Å². The first-order valence-corrected chi connectivity index (χ1v) is 18.1. The molecule has 0 atom stereocenters. The lowest BCUT2D eigenvalue weighted by Gasteiger charge is -2.08. The quantitative estimate of drug-likeness (QED) is 0.183. The maximum absolute atomic E-state index is 6.13. The van der Waals surface area contributed by atoms with Gasteiger partial charge in [0.2, 0.25) is 0 Å². The zero-order chi connectivity index (χ0) is 34.4. The summed E-state index contributed by atoms with van der Waals surface area (Å²) < 4.78 is 14.8. The van der Waals surface area contributed by atoms with Crippen molar-refractivity contribution in [2.24, 2.45) is 0 Å². The Morgan fingerprint density at radius 2 is 0.717 bits per heavy atom. The van der Waals surface area contributed by atoms with Crippen LogP contribution in [-0.2, 0) is 0 Å². The fourth-order valence-corrected chi connectivity index (χ4v) is 9.13. The van der Waals surface area contributed by atoms with Crippen LogP contribution in [0.4, 0.5) is 0 Å². The van der Waals surface area contributed by atoms with Crippen LogP contribution in [0, 0.1) is 0 Å². The lowest BCUT2D eigenvalue weighted by atomic mass is 9.97. The van der Waals surface area contributed by atoms with E-state index in [9.17, 15) is 0 Å². The average molecular weight is 674 g/mol. The summed E-state index contributed by atoms with van der Waals surface area (Å²) in [6.45, 7) is 0. The van der Waals surface area contributed by atoms with Gasteiger partial charge in [-0.3, -0.25) is 0 Å². The predicted molar refractivity (Wildman–Crippen MR) is 222 cm³/mol. The zero-order valence-electron chi connectivity index (χ0n) is 28.4. The van der Waals surface area contributed by atoms with Gasteiger partial charge in [-0.15, -0.1) is 0 Å². The van der Waals surface area contributed by atoms with E-state index in [1.54, 1.807) is 0 Å². The Morgan fingerprint density at radius 1 is 0.283 bits per heavy atom. The van der Waals surface area contributed by atoms with Crippen LogP contribution < -0.4 is 0 Å². The predicted octanol–water partition coefficient (Wildman–Crippen LogP) is 14.3. The summed E-state index contributed by atoms with van der Waals surface area (Å²) in [5.41, 5.74) is 12.2. The van der Waals surface area contributed by atoms with E-state index in [-0.39, 0.29) is 0 Å². The van der Waals surface area contributed by atoms with Gasteiger partial charge in [0.05, 0.1) is 16.6 Å². The van der Waals surface area contributed by atoms with Gasteiger partial charge in [-0.05, 0) is 117 Å². The largest absolute Gasteiger partial charge is 0.456 e. The Labute approximate surface area is 301 Å². The number of rotatable bonds is 2. The van der Waals surface area contributed by atoms with E-state index in [1.165, 1.54) is 81.9 Å². The molecule has 0 saturated carbocycles. The molecule has 0 aliphatic rings. The first-order chi connectivity index (χ1) is 26.2. The van der Waals surface area contributed by atoms with E-state index >= 15 is 0 Å². The molecular weight excluding hydrogens is 647 g/mol. The number of benzene rings is 9. The van der Waals surface area contributed by atoms with Crippen molar-refractivity contribution in [2.45, 2.75) is 0 Å². The normalized spacial score (nSPS) is 12.5. The molecule has 244 valence electrons. The van der Waals surface area contributed by atoms with Gasteiger partial charge in [-0.25, -0.2) is 0 Å². The first kappa shape index (κ1) is 27.6. The molecule has 3 heteroatoms. The average Bonchev–Trinajstić information content (AvgIpc) is 3.95. The summed E-state index contributed by atoms with van der Waals surface area (Å²) in [6.07, 6.45) is 0. The van der Waals surface area contributed by atoms with Crippen LogP contribution in [0.25, 0.3) is 126 Å². The van der Waals surface area contributed by atoms with Gasteiger partial charge in [0.1, 0.15) is 22.3 Å². The molecule has 53 heavy (non-hydrogen) atoms. The van der Waals surface area contributed by atoms with Gasteiger partial charge in [0.25, 0.3) is 0 Å². The number of para-hydroxylation sites is 3. The van der Waals surface area contributed by atoms with Gasteiger partial charge in [0, 0.05) is 43.1 Å². The van der Waals surface area contributed by atoms with Crippen LogP contribution in [0.5, 0.6) is 0 Å². The molecule has 0 radical (unpaired) electrons. The third-order valence-corrected chi connectivity index (χ3v) is 11.7.